The SMILES string of the molecule is CC(C)(C)C(=O)CN1C(=O)CN=C(n2nccn2)c2ccccc21. The summed E-state index contributed by atoms with van der Waals surface area (Å²) in [7, 11) is 0. The molecule has 7 nitrogen and oxygen atoms in total. The fourth-order valence-electron chi connectivity index (χ4n) is 2.40. The summed E-state index contributed by atoms with van der Waals surface area (Å²) in [5.41, 5.74) is 0.851. The summed E-state index contributed by atoms with van der Waals surface area (Å²) in [6.45, 7) is 5.51. The summed E-state index contributed by atoms with van der Waals surface area (Å²) in [6.07, 6.45) is 3.11. The number of carbonyl (C=O) groups is 2. The quantitative estimate of drug-likeness (QED) is 0.839. The molecule has 0 fully saturated rings. The van der Waals surface area contributed by atoms with Crippen molar-refractivity contribution in [3.05, 3.63) is 42.2 Å². The average Bonchev–Trinajstić information content (AvgIpc) is 3.02. The Bertz CT molecular complexity index is 803. The topological polar surface area (TPSA) is 80.5 Å². The van der Waals surface area contributed by atoms with Crippen molar-refractivity contribution < 1.29 is 9.59 Å². The lowest BCUT2D eigenvalue weighted by atomic mass is 9.90. The normalized spacial score (nSPS) is 14.9. The standard InChI is InChI=1S/C17H19N5O2/c1-17(2,3)14(23)11-21-13-7-5-4-6-12(13)16(18-10-15(21)24)22-19-8-9-20-22/h4-9H,10-11H2,1-3H3. The zero-order valence-electron chi connectivity index (χ0n) is 13.9. The van der Waals surface area contributed by atoms with E-state index in [-0.39, 0.29) is 24.8 Å². The highest BCUT2D eigenvalue weighted by molar-refractivity contribution is 6.12. The van der Waals surface area contributed by atoms with Crippen molar-refractivity contribution in [1.29, 1.82) is 0 Å². The van der Waals surface area contributed by atoms with Crippen LogP contribution in [0.15, 0.2) is 41.7 Å². The number of carbonyl (C=O) groups excluding carboxylic acids is 2. The first-order valence-electron chi connectivity index (χ1n) is 7.72. The summed E-state index contributed by atoms with van der Waals surface area (Å²) in [6, 6.07) is 7.36. The second-order valence-electron chi connectivity index (χ2n) is 6.63. The number of hydrogen-bond donors (Lipinski definition) is 0. The molecule has 0 N–H and O–H groups in total. The molecule has 2 aromatic rings. The molecular formula is C17H19N5O2. The molecule has 7 heteroatoms. The van der Waals surface area contributed by atoms with E-state index in [2.05, 4.69) is 15.2 Å². The summed E-state index contributed by atoms with van der Waals surface area (Å²) >= 11 is 0. The lowest BCUT2D eigenvalue weighted by Gasteiger charge is -2.26. The van der Waals surface area contributed by atoms with E-state index in [1.54, 1.807) is 12.4 Å². The van der Waals surface area contributed by atoms with Crippen LogP contribution in [0.1, 0.15) is 26.3 Å². The van der Waals surface area contributed by atoms with Gasteiger partial charge >= 0.3 is 0 Å². The Kier molecular flexibility index (Phi) is 4.01. The maximum Gasteiger partial charge on any atom is 0.249 e. The monoisotopic (exact) mass is 325 g/mol. The first-order valence-corrected chi connectivity index (χ1v) is 7.72. The van der Waals surface area contributed by atoms with E-state index in [9.17, 15) is 9.59 Å². The van der Waals surface area contributed by atoms with Gasteiger partial charge in [-0.05, 0) is 12.1 Å². The van der Waals surface area contributed by atoms with Gasteiger partial charge in [0.15, 0.2) is 11.6 Å². The number of aromatic nitrogens is 3. The van der Waals surface area contributed by atoms with Crippen LogP contribution in [-0.4, -0.2) is 45.6 Å². The number of amides is 1. The third-order valence-corrected chi connectivity index (χ3v) is 3.85. The number of hydrogen-bond acceptors (Lipinski definition) is 5. The Morgan fingerprint density at radius 3 is 2.50 bits per heavy atom. The lowest BCUT2D eigenvalue weighted by molar-refractivity contribution is -0.127. The van der Waals surface area contributed by atoms with E-state index in [1.165, 1.54) is 9.70 Å². The molecule has 1 amide bonds. The second kappa shape index (κ2) is 5.99. The maximum atomic E-state index is 12.6. The van der Waals surface area contributed by atoms with Crippen molar-refractivity contribution in [2.24, 2.45) is 10.4 Å². The molecule has 124 valence electrons. The minimum Gasteiger partial charge on any atom is -0.303 e. The van der Waals surface area contributed by atoms with Gasteiger partial charge in [-0.15, -0.1) is 4.80 Å². The first-order chi connectivity index (χ1) is 11.4. The molecule has 1 aromatic carbocycles. The van der Waals surface area contributed by atoms with Crippen molar-refractivity contribution in [2.45, 2.75) is 20.8 Å². The largest absolute Gasteiger partial charge is 0.303 e. The van der Waals surface area contributed by atoms with Crippen LogP contribution in [0.5, 0.6) is 0 Å². The zero-order valence-corrected chi connectivity index (χ0v) is 13.9. The number of aliphatic imine (C=N–C) groups is 1. The number of anilines is 1. The predicted octanol–water partition coefficient (Wildman–Crippen LogP) is 1.53. The highest BCUT2D eigenvalue weighted by Crippen LogP contribution is 2.26. The number of Topliss-reactive ketones (excluding diaryl/α,β-unsaturated/α-hetero) is 1. The van der Waals surface area contributed by atoms with E-state index in [1.807, 2.05) is 45.0 Å². The number of rotatable bonds is 2. The first kappa shape index (κ1) is 16.0. The Hall–Kier alpha value is -2.83. The fourth-order valence-corrected chi connectivity index (χ4v) is 2.40. The number of nitrogens with zero attached hydrogens (tertiary/aromatic N) is 5. The molecule has 3 rings (SSSR count). The molecule has 1 aromatic heterocycles. The molecule has 24 heavy (non-hydrogen) atoms. The van der Waals surface area contributed by atoms with Crippen LogP contribution in [0.25, 0.3) is 0 Å². The molecule has 0 unspecified atom stereocenters. The molecule has 1 aliphatic heterocycles. The minimum atomic E-state index is -0.519. The van der Waals surface area contributed by atoms with E-state index in [0.717, 1.165) is 5.56 Å². The molecular weight excluding hydrogens is 306 g/mol. The van der Waals surface area contributed by atoms with E-state index in [4.69, 9.17) is 0 Å². The Balaban J connectivity index is 2.05. The van der Waals surface area contributed by atoms with E-state index < -0.39 is 5.41 Å². The van der Waals surface area contributed by atoms with Gasteiger partial charge in [-0.3, -0.25) is 14.6 Å². The van der Waals surface area contributed by atoms with Crippen LogP contribution in [0.4, 0.5) is 5.69 Å². The number of benzodiazepines with no additional fused rings is 1. The smallest absolute Gasteiger partial charge is 0.249 e. The van der Waals surface area contributed by atoms with Crippen molar-refractivity contribution in [2.75, 3.05) is 18.0 Å². The summed E-state index contributed by atoms with van der Waals surface area (Å²) in [5, 5.41) is 8.22. The molecule has 1 aliphatic rings. The number of fused-ring (bicyclic) bond motifs is 1. The van der Waals surface area contributed by atoms with E-state index >= 15 is 0 Å². The van der Waals surface area contributed by atoms with Crippen molar-refractivity contribution in [3.8, 4) is 0 Å². The van der Waals surface area contributed by atoms with Gasteiger partial charge in [-0.2, -0.15) is 10.2 Å². The highest BCUT2D eigenvalue weighted by atomic mass is 16.2. The Labute approximate surface area is 140 Å². The molecule has 0 saturated heterocycles. The summed E-state index contributed by atoms with van der Waals surface area (Å²) < 4.78 is 0. The van der Waals surface area contributed by atoms with Crippen molar-refractivity contribution in [3.63, 3.8) is 0 Å². The Morgan fingerprint density at radius 1 is 1.17 bits per heavy atom. The van der Waals surface area contributed by atoms with Gasteiger partial charge in [0.25, 0.3) is 0 Å². The molecule has 0 bridgehead atoms. The zero-order chi connectivity index (χ0) is 17.3. The van der Waals surface area contributed by atoms with Crippen LogP contribution < -0.4 is 4.90 Å². The Morgan fingerprint density at radius 2 is 1.83 bits per heavy atom. The molecule has 0 atom stereocenters. The predicted molar refractivity (Wildman–Crippen MR) is 90.1 cm³/mol. The van der Waals surface area contributed by atoms with Crippen LogP contribution in [0.3, 0.4) is 0 Å². The van der Waals surface area contributed by atoms with Crippen LogP contribution in [0.2, 0.25) is 0 Å². The van der Waals surface area contributed by atoms with Gasteiger partial charge in [0, 0.05) is 11.0 Å². The molecule has 0 saturated carbocycles. The number of para-hydroxylation sites is 1. The summed E-state index contributed by atoms with van der Waals surface area (Å²) in [5.74, 6) is 0.267. The molecule has 0 spiro atoms. The van der Waals surface area contributed by atoms with Crippen LogP contribution in [0, 0.1) is 5.41 Å². The van der Waals surface area contributed by atoms with Gasteiger partial charge in [-0.25, -0.2) is 0 Å². The van der Waals surface area contributed by atoms with Gasteiger partial charge < -0.3 is 4.90 Å². The average molecular weight is 325 g/mol. The van der Waals surface area contributed by atoms with Gasteiger partial charge in [0.05, 0.1) is 24.6 Å². The van der Waals surface area contributed by atoms with Crippen LogP contribution >= 0.6 is 0 Å². The fraction of sp³-hybridized carbons (Fsp3) is 0.353. The highest BCUT2D eigenvalue weighted by Gasteiger charge is 2.30. The van der Waals surface area contributed by atoms with Gasteiger partial charge in [-0.1, -0.05) is 32.9 Å². The van der Waals surface area contributed by atoms with Gasteiger partial charge in [0.1, 0.15) is 6.54 Å². The lowest BCUT2D eigenvalue weighted by Crippen LogP contribution is -2.40. The summed E-state index contributed by atoms with van der Waals surface area (Å²) in [4.78, 5) is 32.3. The molecule has 0 radical (unpaired) electrons. The van der Waals surface area contributed by atoms with Gasteiger partial charge in [0.2, 0.25) is 5.91 Å². The van der Waals surface area contributed by atoms with E-state index in [0.29, 0.717) is 11.5 Å². The van der Waals surface area contributed by atoms with Crippen LogP contribution in [-0.2, 0) is 9.59 Å². The molecule has 2 heterocycles. The van der Waals surface area contributed by atoms with Crippen molar-refractivity contribution >= 4 is 23.2 Å². The third kappa shape index (κ3) is 2.97. The van der Waals surface area contributed by atoms with Crippen molar-refractivity contribution in [1.82, 2.24) is 15.0 Å². The molecule has 0 aliphatic carbocycles. The second-order valence-corrected chi connectivity index (χ2v) is 6.63. The maximum absolute atomic E-state index is 12.6. The third-order valence-electron chi connectivity index (χ3n) is 3.85. The number of ketones is 1. The number of benzene rings is 1. The minimum absolute atomic E-state index is 0.00804.